The maximum atomic E-state index is 13.2. The van der Waals surface area contributed by atoms with E-state index >= 15 is 0 Å². The third-order valence-electron chi connectivity index (χ3n) is 4.29. The van der Waals surface area contributed by atoms with Crippen molar-refractivity contribution >= 4 is 11.0 Å². The number of hydrogen-bond acceptors (Lipinski definition) is 3. The number of benzene rings is 1. The smallest absolute Gasteiger partial charge is 0.231 e. The molecule has 0 aliphatic heterocycles. The van der Waals surface area contributed by atoms with Crippen LogP contribution in [0, 0.1) is 11.3 Å². The molecule has 2 heterocycles. The van der Waals surface area contributed by atoms with E-state index in [1.165, 1.54) is 0 Å². The molecule has 0 saturated carbocycles. The van der Waals surface area contributed by atoms with Gasteiger partial charge >= 0.3 is 18.5 Å². The molecule has 2 aromatic heterocycles. The first-order valence-electron chi connectivity index (χ1n) is 8.24. The van der Waals surface area contributed by atoms with Crippen LogP contribution in [0.15, 0.2) is 42.5 Å². The van der Waals surface area contributed by atoms with Crippen molar-refractivity contribution < 1.29 is 39.5 Å². The molecule has 31 heavy (non-hydrogen) atoms. The minimum absolute atomic E-state index is 0.0189. The third-order valence-corrected chi connectivity index (χ3v) is 4.29. The minimum Gasteiger partial charge on any atom is -0.231 e. The first kappa shape index (κ1) is 22.3. The van der Waals surface area contributed by atoms with E-state index in [1.54, 1.807) is 6.07 Å². The van der Waals surface area contributed by atoms with Gasteiger partial charge in [0.2, 0.25) is 0 Å². The van der Waals surface area contributed by atoms with Crippen LogP contribution in [0.1, 0.15) is 34.0 Å². The Bertz CT molecular complexity index is 1150. The van der Waals surface area contributed by atoms with Gasteiger partial charge < -0.3 is 0 Å². The number of hydrogen-bond donors (Lipinski definition) is 0. The van der Waals surface area contributed by atoms with Gasteiger partial charge in [0.15, 0.2) is 5.65 Å². The second kappa shape index (κ2) is 7.40. The molecule has 12 heteroatoms. The maximum Gasteiger partial charge on any atom is 0.433 e. The Morgan fingerprint density at radius 1 is 0.742 bits per heavy atom. The monoisotopic (exact) mass is 449 g/mol. The summed E-state index contributed by atoms with van der Waals surface area (Å²) < 4.78 is 117. The van der Waals surface area contributed by atoms with Crippen molar-refractivity contribution in [3.05, 3.63) is 70.5 Å². The van der Waals surface area contributed by atoms with Gasteiger partial charge in [-0.05, 0) is 35.9 Å². The number of rotatable bonds is 2. The van der Waals surface area contributed by atoms with Crippen LogP contribution in [0.25, 0.3) is 11.0 Å². The molecule has 0 saturated heterocycles. The van der Waals surface area contributed by atoms with Crippen molar-refractivity contribution in [2.24, 2.45) is 0 Å². The number of nitrogens with zero attached hydrogens (tertiary/aromatic N) is 3. The molecule has 3 nitrogen and oxygen atoms in total. The normalized spacial score (nSPS) is 13.8. The molecule has 1 aromatic carbocycles. The van der Waals surface area contributed by atoms with Crippen molar-refractivity contribution in [1.82, 2.24) is 9.97 Å². The molecule has 0 N–H and O–H groups in total. The van der Waals surface area contributed by atoms with Gasteiger partial charge in [-0.1, -0.05) is 12.1 Å². The fourth-order valence-electron chi connectivity index (χ4n) is 2.84. The molecule has 0 spiro atoms. The van der Waals surface area contributed by atoms with Crippen LogP contribution < -0.4 is 0 Å². The molecule has 0 unspecified atom stereocenters. The summed E-state index contributed by atoms with van der Waals surface area (Å²) in [5.41, 5.74) is -5.57. The van der Waals surface area contributed by atoms with Gasteiger partial charge in [-0.25, -0.2) is 9.97 Å². The Hall–Kier alpha value is -3.36. The van der Waals surface area contributed by atoms with Crippen LogP contribution in [-0.2, 0) is 18.5 Å². The Labute approximate surface area is 167 Å². The number of fused-ring (bicyclic) bond motifs is 1. The summed E-state index contributed by atoms with van der Waals surface area (Å²) in [4.78, 5) is 6.83. The van der Waals surface area contributed by atoms with Crippen LogP contribution in [0.2, 0.25) is 0 Å². The first-order chi connectivity index (χ1) is 14.2. The zero-order chi connectivity index (χ0) is 23.2. The average molecular weight is 449 g/mol. The van der Waals surface area contributed by atoms with Gasteiger partial charge in [0.05, 0.1) is 22.9 Å². The standard InChI is InChI=1S/C19H8F9N3/c20-17(21,22)10-3-1-9(2-4-10)12(8-29)14-6-5-11-13(18(23,24)25)7-15(19(26,27)28)31-16(11)30-14/h1-7,12H/t12-/m0/s1. The zero-order valence-electron chi connectivity index (χ0n) is 14.9. The predicted molar refractivity (Wildman–Crippen MR) is 88.4 cm³/mol. The number of nitriles is 1. The van der Waals surface area contributed by atoms with Crippen LogP contribution in [0.5, 0.6) is 0 Å². The topological polar surface area (TPSA) is 49.6 Å². The number of halogens is 9. The Morgan fingerprint density at radius 3 is 1.84 bits per heavy atom. The van der Waals surface area contributed by atoms with E-state index in [4.69, 9.17) is 0 Å². The molecule has 0 aliphatic carbocycles. The quantitative estimate of drug-likeness (QED) is 0.429. The van der Waals surface area contributed by atoms with Gasteiger partial charge in [-0.2, -0.15) is 44.8 Å². The average Bonchev–Trinajstić information content (AvgIpc) is 2.65. The summed E-state index contributed by atoms with van der Waals surface area (Å²) in [5, 5.41) is 8.69. The lowest BCUT2D eigenvalue weighted by atomic mass is 9.95. The summed E-state index contributed by atoms with van der Waals surface area (Å²) >= 11 is 0. The molecule has 3 rings (SSSR count). The number of aromatic nitrogens is 2. The summed E-state index contributed by atoms with van der Waals surface area (Å²) in [7, 11) is 0. The molecule has 0 bridgehead atoms. The molecule has 0 fully saturated rings. The molecule has 0 radical (unpaired) electrons. The van der Waals surface area contributed by atoms with E-state index in [-0.39, 0.29) is 17.3 Å². The predicted octanol–water partition coefficient (Wildman–Crippen LogP) is 6.34. The van der Waals surface area contributed by atoms with Crippen molar-refractivity contribution in [3.63, 3.8) is 0 Å². The lowest BCUT2D eigenvalue weighted by molar-refractivity contribution is -0.144. The lowest BCUT2D eigenvalue weighted by Gasteiger charge is -2.15. The highest BCUT2D eigenvalue weighted by atomic mass is 19.4. The van der Waals surface area contributed by atoms with Crippen molar-refractivity contribution in [1.29, 1.82) is 5.26 Å². The Balaban J connectivity index is 2.15. The summed E-state index contributed by atoms with van der Waals surface area (Å²) in [6.45, 7) is 0. The van der Waals surface area contributed by atoms with Crippen molar-refractivity contribution in [2.75, 3.05) is 0 Å². The van der Waals surface area contributed by atoms with Gasteiger partial charge in [-0.15, -0.1) is 0 Å². The van der Waals surface area contributed by atoms with Crippen LogP contribution in [-0.4, -0.2) is 9.97 Å². The van der Waals surface area contributed by atoms with E-state index in [0.29, 0.717) is 12.1 Å². The molecular weight excluding hydrogens is 441 g/mol. The molecule has 0 amide bonds. The van der Waals surface area contributed by atoms with Gasteiger partial charge in [0.1, 0.15) is 11.6 Å². The van der Waals surface area contributed by atoms with Crippen LogP contribution in [0.3, 0.4) is 0 Å². The summed E-state index contributed by atoms with van der Waals surface area (Å²) in [6.07, 6.45) is -15.0. The SMILES string of the molecule is N#C[C@@H](c1ccc(C(F)(F)F)cc1)c1ccc2c(C(F)(F)F)cc(C(F)(F)F)nc2n1. The zero-order valence-corrected chi connectivity index (χ0v) is 14.9. The minimum atomic E-state index is -5.19. The third kappa shape index (κ3) is 4.55. The van der Waals surface area contributed by atoms with E-state index < -0.39 is 52.3 Å². The molecule has 162 valence electrons. The van der Waals surface area contributed by atoms with Gasteiger partial charge in [0, 0.05) is 5.39 Å². The lowest BCUT2D eigenvalue weighted by Crippen LogP contribution is -2.14. The molecular formula is C19H8F9N3. The number of pyridine rings is 2. The first-order valence-corrected chi connectivity index (χ1v) is 8.24. The highest BCUT2D eigenvalue weighted by molar-refractivity contribution is 5.80. The van der Waals surface area contributed by atoms with Gasteiger partial charge in [0.25, 0.3) is 0 Å². The van der Waals surface area contributed by atoms with Gasteiger partial charge in [-0.3, -0.25) is 0 Å². The molecule has 0 aliphatic rings. The summed E-state index contributed by atoms with van der Waals surface area (Å²) in [5.74, 6) is -1.35. The fraction of sp³-hybridized carbons (Fsp3) is 0.211. The van der Waals surface area contributed by atoms with E-state index in [2.05, 4.69) is 9.97 Å². The fourth-order valence-corrected chi connectivity index (χ4v) is 2.84. The van der Waals surface area contributed by atoms with Crippen LogP contribution >= 0.6 is 0 Å². The van der Waals surface area contributed by atoms with E-state index in [0.717, 1.165) is 24.3 Å². The maximum absolute atomic E-state index is 13.2. The highest BCUT2D eigenvalue weighted by Gasteiger charge is 2.39. The van der Waals surface area contributed by atoms with Crippen molar-refractivity contribution in [3.8, 4) is 6.07 Å². The molecule has 3 aromatic rings. The van der Waals surface area contributed by atoms with Crippen molar-refractivity contribution in [2.45, 2.75) is 24.4 Å². The summed E-state index contributed by atoms with van der Waals surface area (Å²) in [6, 6.07) is 6.74. The highest BCUT2D eigenvalue weighted by Crippen LogP contribution is 2.39. The Kier molecular flexibility index (Phi) is 5.33. The Morgan fingerprint density at radius 2 is 1.35 bits per heavy atom. The second-order valence-corrected chi connectivity index (χ2v) is 6.34. The van der Waals surface area contributed by atoms with E-state index in [1.807, 2.05) is 0 Å². The largest absolute Gasteiger partial charge is 0.433 e. The second-order valence-electron chi connectivity index (χ2n) is 6.34. The van der Waals surface area contributed by atoms with Crippen LogP contribution in [0.4, 0.5) is 39.5 Å². The number of alkyl halides is 9. The molecule has 1 atom stereocenters. The van der Waals surface area contributed by atoms with E-state index in [9.17, 15) is 44.8 Å².